The summed E-state index contributed by atoms with van der Waals surface area (Å²) in [6, 6.07) is 6.94. The molecule has 114 valence electrons. The smallest absolute Gasteiger partial charge is 0.250 e. The number of fused-ring (bicyclic) bond motifs is 1. The van der Waals surface area contributed by atoms with Crippen molar-refractivity contribution in [2.75, 3.05) is 13.1 Å². The molecule has 2 heterocycles. The quantitative estimate of drug-likeness (QED) is 0.872. The van der Waals surface area contributed by atoms with Crippen LogP contribution >= 0.6 is 0 Å². The van der Waals surface area contributed by atoms with Crippen LogP contribution in [0.5, 0.6) is 0 Å². The van der Waals surface area contributed by atoms with Crippen molar-refractivity contribution in [3.05, 3.63) is 30.0 Å². The number of benzene rings is 1. The number of sulfonamides is 1. The van der Waals surface area contributed by atoms with Crippen LogP contribution in [0.1, 0.15) is 18.5 Å². The van der Waals surface area contributed by atoms with Gasteiger partial charge >= 0.3 is 0 Å². The summed E-state index contributed by atoms with van der Waals surface area (Å²) < 4.78 is 57.0. The predicted molar refractivity (Wildman–Crippen MR) is 72.4 cm³/mol. The fourth-order valence-electron chi connectivity index (χ4n) is 2.40. The first-order chi connectivity index (χ1) is 9.87. The Morgan fingerprint density at radius 1 is 1.24 bits per heavy atom. The highest BCUT2D eigenvalue weighted by atomic mass is 32.2. The second kappa shape index (κ2) is 5.03. The van der Waals surface area contributed by atoms with Crippen LogP contribution in [0.25, 0.3) is 11.0 Å². The summed E-state index contributed by atoms with van der Waals surface area (Å²) in [6.07, 6.45) is -0.877. The van der Waals surface area contributed by atoms with Crippen molar-refractivity contribution in [2.45, 2.75) is 24.5 Å². The Hall–Kier alpha value is -1.54. The zero-order chi connectivity index (χ0) is 15.1. The van der Waals surface area contributed by atoms with E-state index in [1.807, 2.05) is 0 Å². The summed E-state index contributed by atoms with van der Waals surface area (Å²) in [7, 11) is -3.67. The number of piperidine rings is 1. The molecule has 8 heteroatoms. The number of nitrogens with zero attached hydrogens (tertiary/aromatic N) is 2. The fourth-order valence-corrected chi connectivity index (χ4v) is 3.87. The monoisotopic (exact) mass is 316 g/mol. The van der Waals surface area contributed by atoms with E-state index >= 15 is 0 Å². The summed E-state index contributed by atoms with van der Waals surface area (Å²) in [5.74, 6) is -3.11. The van der Waals surface area contributed by atoms with Crippen molar-refractivity contribution in [2.24, 2.45) is 0 Å². The van der Waals surface area contributed by atoms with E-state index < -0.39 is 28.8 Å². The Balaban J connectivity index is 1.80. The summed E-state index contributed by atoms with van der Waals surface area (Å²) >= 11 is 0. The van der Waals surface area contributed by atoms with E-state index in [2.05, 4.69) is 5.16 Å². The molecule has 0 unspecified atom stereocenters. The van der Waals surface area contributed by atoms with Crippen LogP contribution in [0.15, 0.2) is 28.8 Å². The number of alkyl halides is 2. The topological polar surface area (TPSA) is 63.4 Å². The van der Waals surface area contributed by atoms with Gasteiger partial charge in [0.25, 0.3) is 5.92 Å². The molecule has 0 saturated carbocycles. The number of halogens is 2. The van der Waals surface area contributed by atoms with E-state index in [9.17, 15) is 17.2 Å². The van der Waals surface area contributed by atoms with Gasteiger partial charge in [-0.15, -0.1) is 0 Å². The maximum atomic E-state index is 13.1. The van der Waals surface area contributed by atoms with Crippen LogP contribution in [-0.4, -0.2) is 36.9 Å². The number of hydrogen-bond acceptors (Lipinski definition) is 4. The number of hydrogen-bond donors (Lipinski definition) is 0. The standard InChI is InChI=1S/C13H14F2N2O3S/c14-13(15)5-7-17(8-6-13)21(18,19)9-11-10-3-1-2-4-12(10)20-16-11/h1-4H,5-9H2. The summed E-state index contributed by atoms with van der Waals surface area (Å²) in [5, 5.41) is 4.40. The Bertz CT molecular complexity index is 748. The van der Waals surface area contributed by atoms with Crippen LogP contribution in [0, 0.1) is 0 Å². The maximum Gasteiger partial charge on any atom is 0.250 e. The highest BCUT2D eigenvalue weighted by Gasteiger charge is 2.38. The van der Waals surface area contributed by atoms with E-state index in [4.69, 9.17) is 4.52 Å². The van der Waals surface area contributed by atoms with E-state index in [0.29, 0.717) is 16.7 Å². The van der Waals surface area contributed by atoms with E-state index in [0.717, 1.165) is 4.31 Å². The summed E-state index contributed by atoms with van der Waals surface area (Å²) in [4.78, 5) is 0. The Kier molecular flexibility index (Phi) is 3.45. The lowest BCUT2D eigenvalue weighted by Gasteiger charge is -2.30. The van der Waals surface area contributed by atoms with Crippen LogP contribution < -0.4 is 0 Å². The average molecular weight is 316 g/mol. The van der Waals surface area contributed by atoms with Gasteiger partial charge in [-0.05, 0) is 12.1 Å². The third-order valence-electron chi connectivity index (χ3n) is 3.62. The molecule has 0 bridgehead atoms. The minimum Gasteiger partial charge on any atom is -0.356 e. The number of aromatic nitrogens is 1. The predicted octanol–water partition coefficient (Wildman–Crippen LogP) is 2.39. The molecule has 0 spiro atoms. The molecule has 0 radical (unpaired) electrons. The van der Waals surface area contributed by atoms with Crippen molar-refractivity contribution in [3.8, 4) is 0 Å². The molecule has 21 heavy (non-hydrogen) atoms. The molecule has 0 aliphatic carbocycles. The molecule has 1 aromatic carbocycles. The van der Waals surface area contributed by atoms with Gasteiger partial charge in [-0.2, -0.15) is 0 Å². The normalized spacial score (nSPS) is 19.9. The van der Waals surface area contributed by atoms with Gasteiger partial charge in [0.2, 0.25) is 10.0 Å². The Morgan fingerprint density at radius 3 is 2.62 bits per heavy atom. The Morgan fingerprint density at radius 2 is 1.90 bits per heavy atom. The molecular weight excluding hydrogens is 302 g/mol. The third kappa shape index (κ3) is 2.91. The van der Waals surface area contributed by atoms with Crippen LogP contribution in [-0.2, 0) is 15.8 Å². The van der Waals surface area contributed by atoms with Crippen molar-refractivity contribution >= 4 is 21.0 Å². The van der Waals surface area contributed by atoms with Gasteiger partial charge in [0.05, 0.1) is 0 Å². The largest absolute Gasteiger partial charge is 0.356 e. The van der Waals surface area contributed by atoms with Crippen LogP contribution in [0.2, 0.25) is 0 Å². The lowest BCUT2D eigenvalue weighted by molar-refractivity contribution is -0.0412. The van der Waals surface area contributed by atoms with Gasteiger partial charge in [0.1, 0.15) is 11.4 Å². The molecule has 5 nitrogen and oxygen atoms in total. The molecule has 3 rings (SSSR count). The van der Waals surface area contributed by atoms with E-state index in [1.54, 1.807) is 24.3 Å². The molecule has 1 aliphatic rings. The fraction of sp³-hybridized carbons (Fsp3) is 0.462. The minimum absolute atomic E-state index is 0.162. The van der Waals surface area contributed by atoms with Gasteiger partial charge in [0, 0.05) is 31.3 Å². The first-order valence-corrected chi connectivity index (χ1v) is 8.17. The third-order valence-corrected chi connectivity index (χ3v) is 5.41. The first-order valence-electron chi connectivity index (χ1n) is 6.56. The molecule has 1 saturated heterocycles. The van der Waals surface area contributed by atoms with Crippen molar-refractivity contribution in [3.63, 3.8) is 0 Å². The molecule has 0 atom stereocenters. The maximum absolute atomic E-state index is 13.1. The zero-order valence-electron chi connectivity index (χ0n) is 11.1. The van der Waals surface area contributed by atoms with Crippen LogP contribution in [0.3, 0.4) is 0 Å². The highest BCUT2D eigenvalue weighted by molar-refractivity contribution is 7.88. The molecule has 2 aromatic rings. The van der Waals surface area contributed by atoms with Crippen LogP contribution in [0.4, 0.5) is 8.78 Å². The van der Waals surface area contributed by atoms with Gasteiger partial charge in [-0.25, -0.2) is 21.5 Å². The van der Waals surface area contributed by atoms with Gasteiger partial charge < -0.3 is 4.52 Å². The van der Waals surface area contributed by atoms with Crippen molar-refractivity contribution in [1.82, 2.24) is 9.46 Å². The second-order valence-corrected chi connectivity index (χ2v) is 7.11. The van der Waals surface area contributed by atoms with Crippen molar-refractivity contribution < 1.29 is 21.7 Å². The SMILES string of the molecule is O=S(=O)(Cc1noc2ccccc12)N1CCC(F)(F)CC1. The number of rotatable bonds is 3. The number of para-hydroxylation sites is 1. The average Bonchev–Trinajstić information content (AvgIpc) is 2.81. The molecule has 0 N–H and O–H groups in total. The molecule has 1 aliphatic heterocycles. The summed E-state index contributed by atoms with van der Waals surface area (Å²) in [6.45, 7) is -0.323. The van der Waals surface area contributed by atoms with Gasteiger partial charge in [0.15, 0.2) is 5.58 Å². The van der Waals surface area contributed by atoms with Crippen molar-refractivity contribution in [1.29, 1.82) is 0 Å². The second-order valence-electron chi connectivity index (χ2n) is 5.14. The molecule has 0 amide bonds. The zero-order valence-corrected chi connectivity index (χ0v) is 11.9. The molecule has 1 aromatic heterocycles. The minimum atomic E-state index is -3.67. The lowest BCUT2D eigenvalue weighted by Crippen LogP contribution is -2.43. The molecule has 1 fully saturated rings. The van der Waals surface area contributed by atoms with Gasteiger partial charge in [-0.1, -0.05) is 17.3 Å². The lowest BCUT2D eigenvalue weighted by atomic mass is 10.1. The van der Waals surface area contributed by atoms with Gasteiger partial charge in [-0.3, -0.25) is 0 Å². The Labute approximate surface area is 120 Å². The van der Waals surface area contributed by atoms with E-state index in [-0.39, 0.29) is 18.8 Å². The molecular formula is C13H14F2N2O3S. The first kappa shape index (κ1) is 14.4. The highest BCUT2D eigenvalue weighted by Crippen LogP contribution is 2.30. The van der Waals surface area contributed by atoms with E-state index in [1.165, 1.54) is 0 Å². The summed E-state index contributed by atoms with van der Waals surface area (Å²) in [5.41, 5.74) is 0.816.